The molecule has 2 rings (SSSR count). The summed E-state index contributed by atoms with van der Waals surface area (Å²) in [5, 5.41) is 9.16. The minimum atomic E-state index is -3.42. The van der Waals surface area contributed by atoms with Crippen molar-refractivity contribution < 1.29 is 13.5 Å². The maximum atomic E-state index is 11.9. The molecule has 0 heterocycles. The highest BCUT2D eigenvalue weighted by Crippen LogP contribution is 2.20. The van der Waals surface area contributed by atoms with Gasteiger partial charge in [0.1, 0.15) is 5.75 Å². The normalized spacial score (nSPS) is 11.4. The van der Waals surface area contributed by atoms with Crippen molar-refractivity contribution in [2.75, 3.05) is 12.3 Å². The molecule has 0 aliphatic heterocycles. The molecule has 2 aromatic rings. The number of thioether (sulfide) groups is 1. The molecular formula is C14H15NO3S2. The Morgan fingerprint density at radius 2 is 1.65 bits per heavy atom. The first-order valence-electron chi connectivity index (χ1n) is 6.04. The first-order valence-corrected chi connectivity index (χ1v) is 8.51. The first kappa shape index (κ1) is 14.9. The Bertz CT molecular complexity index is 640. The molecule has 0 aromatic heterocycles. The predicted octanol–water partition coefficient (Wildman–Crippen LogP) is 2.46. The zero-order valence-electron chi connectivity index (χ0n) is 10.7. The molecule has 0 atom stereocenters. The third kappa shape index (κ3) is 4.26. The Hall–Kier alpha value is -1.50. The monoisotopic (exact) mass is 309 g/mol. The minimum Gasteiger partial charge on any atom is -0.508 e. The van der Waals surface area contributed by atoms with Gasteiger partial charge >= 0.3 is 0 Å². The number of rotatable bonds is 6. The van der Waals surface area contributed by atoms with E-state index in [-0.39, 0.29) is 10.6 Å². The fourth-order valence-corrected chi connectivity index (χ4v) is 3.52. The van der Waals surface area contributed by atoms with Crippen LogP contribution in [0.4, 0.5) is 0 Å². The van der Waals surface area contributed by atoms with E-state index in [0.717, 1.165) is 4.90 Å². The van der Waals surface area contributed by atoms with Crippen LogP contribution >= 0.6 is 11.8 Å². The van der Waals surface area contributed by atoms with Gasteiger partial charge in [-0.3, -0.25) is 0 Å². The standard InChI is InChI=1S/C14H15NO3S2/c16-12-6-8-13(9-7-12)19-11-10-15-20(17,18)14-4-2-1-3-5-14/h1-9,15-16H,10-11H2. The highest BCUT2D eigenvalue weighted by atomic mass is 32.2. The van der Waals surface area contributed by atoms with Gasteiger partial charge in [-0.1, -0.05) is 18.2 Å². The Kier molecular flexibility index (Phi) is 5.05. The molecule has 2 N–H and O–H groups in total. The lowest BCUT2D eigenvalue weighted by Gasteiger charge is -2.06. The Balaban J connectivity index is 1.83. The number of sulfonamides is 1. The molecule has 6 heteroatoms. The summed E-state index contributed by atoms with van der Waals surface area (Å²) >= 11 is 1.53. The molecule has 0 radical (unpaired) electrons. The molecule has 0 unspecified atom stereocenters. The average molecular weight is 309 g/mol. The van der Waals surface area contributed by atoms with Crippen LogP contribution in [0.15, 0.2) is 64.4 Å². The molecule has 0 bridgehead atoms. The van der Waals surface area contributed by atoms with Gasteiger partial charge in [0.05, 0.1) is 4.90 Å². The van der Waals surface area contributed by atoms with Crippen LogP contribution in [0.1, 0.15) is 0 Å². The number of phenols is 1. The largest absolute Gasteiger partial charge is 0.508 e. The van der Waals surface area contributed by atoms with Gasteiger partial charge in [0.25, 0.3) is 0 Å². The molecule has 0 saturated carbocycles. The highest BCUT2D eigenvalue weighted by molar-refractivity contribution is 7.99. The molecular weight excluding hydrogens is 294 g/mol. The van der Waals surface area contributed by atoms with Crippen molar-refractivity contribution in [1.82, 2.24) is 4.72 Å². The van der Waals surface area contributed by atoms with Crippen molar-refractivity contribution in [3.8, 4) is 5.75 Å². The second-order valence-electron chi connectivity index (χ2n) is 4.05. The summed E-state index contributed by atoms with van der Waals surface area (Å²) in [6.07, 6.45) is 0. The molecule has 106 valence electrons. The number of nitrogens with one attached hydrogen (secondary N) is 1. The summed E-state index contributed by atoms with van der Waals surface area (Å²) in [7, 11) is -3.42. The molecule has 0 aliphatic rings. The fraction of sp³-hybridized carbons (Fsp3) is 0.143. The van der Waals surface area contributed by atoms with Crippen LogP contribution in [-0.2, 0) is 10.0 Å². The summed E-state index contributed by atoms with van der Waals surface area (Å²) in [4.78, 5) is 1.26. The van der Waals surface area contributed by atoms with Crippen molar-refractivity contribution in [1.29, 1.82) is 0 Å². The topological polar surface area (TPSA) is 66.4 Å². The quantitative estimate of drug-likeness (QED) is 0.635. The van der Waals surface area contributed by atoms with Crippen LogP contribution in [0.2, 0.25) is 0 Å². The SMILES string of the molecule is O=S(=O)(NCCSc1ccc(O)cc1)c1ccccc1. The van der Waals surface area contributed by atoms with Crippen molar-refractivity contribution in [2.45, 2.75) is 9.79 Å². The minimum absolute atomic E-state index is 0.221. The number of aromatic hydroxyl groups is 1. The van der Waals surface area contributed by atoms with Gasteiger partial charge in [-0.05, 0) is 36.4 Å². The summed E-state index contributed by atoms with van der Waals surface area (Å²) < 4.78 is 26.4. The molecule has 0 spiro atoms. The van der Waals surface area contributed by atoms with Gasteiger partial charge < -0.3 is 5.11 Å². The van der Waals surface area contributed by atoms with Crippen LogP contribution in [0, 0.1) is 0 Å². The average Bonchev–Trinajstić information content (AvgIpc) is 2.46. The van der Waals surface area contributed by atoms with Gasteiger partial charge in [0.2, 0.25) is 10.0 Å². The van der Waals surface area contributed by atoms with E-state index in [9.17, 15) is 8.42 Å². The predicted molar refractivity (Wildman–Crippen MR) is 80.5 cm³/mol. The maximum Gasteiger partial charge on any atom is 0.240 e. The van der Waals surface area contributed by atoms with Gasteiger partial charge in [-0.25, -0.2) is 13.1 Å². The zero-order chi connectivity index (χ0) is 14.4. The number of hydrogen-bond acceptors (Lipinski definition) is 4. The first-order chi connectivity index (χ1) is 9.58. The van der Waals surface area contributed by atoms with Crippen LogP contribution < -0.4 is 4.72 Å². The van der Waals surface area contributed by atoms with E-state index < -0.39 is 10.0 Å². The van der Waals surface area contributed by atoms with Gasteiger partial charge in [0, 0.05) is 17.2 Å². The third-order valence-corrected chi connectivity index (χ3v) is 5.04. The van der Waals surface area contributed by atoms with Gasteiger partial charge in [0.15, 0.2) is 0 Å². The second-order valence-corrected chi connectivity index (χ2v) is 6.99. The lowest BCUT2D eigenvalue weighted by atomic mass is 10.3. The maximum absolute atomic E-state index is 11.9. The lowest BCUT2D eigenvalue weighted by Crippen LogP contribution is -2.25. The van der Waals surface area contributed by atoms with Crippen molar-refractivity contribution >= 4 is 21.8 Å². The lowest BCUT2D eigenvalue weighted by molar-refractivity contribution is 0.475. The molecule has 20 heavy (non-hydrogen) atoms. The van der Waals surface area contributed by atoms with E-state index in [1.165, 1.54) is 11.8 Å². The molecule has 4 nitrogen and oxygen atoms in total. The second kappa shape index (κ2) is 6.78. The summed E-state index contributed by atoms with van der Waals surface area (Å²) in [6.45, 7) is 0.350. The Morgan fingerprint density at radius 1 is 1.00 bits per heavy atom. The number of phenolic OH excluding ortho intramolecular Hbond substituents is 1. The molecule has 2 aromatic carbocycles. The summed E-state index contributed by atoms with van der Waals surface area (Å²) in [6, 6.07) is 15.1. The molecule has 0 aliphatic carbocycles. The summed E-state index contributed by atoms with van der Waals surface area (Å²) in [5.41, 5.74) is 0. The zero-order valence-corrected chi connectivity index (χ0v) is 12.3. The Labute approximate surface area is 122 Å². The molecule has 0 amide bonds. The number of benzene rings is 2. The van der Waals surface area contributed by atoms with Crippen LogP contribution in [-0.4, -0.2) is 25.8 Å². The van der Waals surface area contributed by atoms with E-state index in [1.807, 2.05) is 0 Å². The van der Waals surface area contributed by atoms with Crippen molar-refractivity contribution in [3.63, 3.8) is 0 Å². The summed E-state index contributed by atoms with van der Waals surface area (Å²) in [5.74, 6) is 0.843. The van der Waals surface area contributed by atoms with Crippen LogP contribution in [0.5, 0.6) is 5.75 Å². The van der Waals surface area contributed by atoms with Gasteiger partial charge in [-0.15, -0.1) is 11.8 Å². The van der Waals surface area contributed by atoms with E-state index in [4.69, 9.17) is 5.11 Å². The highest BCUT2D eigenvalue weighted by Gasteiger charge is 2.11. The fourth-order valence-electron chi connectivity index (χ4n) is 1.57. The Morgan fingerprint density at radius 3 is 2.30 bits per heavy atom. The third-order valence-electron chi connectivity index (χ3n) is 2.55. The van der Waals surface area contributed by atoms with Crippen LogP contribution in [0.3, 0.4) is 0 Å². The van der Waals surface area contributed by atoms with Crippen LogP contribution in [0.25, 0.3) is 0 Å². The smallest absolute Gasteiger partial charge is 0.240 e. The number of hydrogen-bond donors (Lipinski definition) is 2. The van der Waals surface area contributed by atoms with E-state index >= 15 is 0 Å². The van der Waals surface area contributed by atoms with Crippen molar-refractivity contribution in [2.24, 2.45) is 0 Å². The van der Waals surface area contributed by atoms with E-state index in [1.54, 1.807) is 54.6 Å². The molecule has 0 saturated heterocycles. The van der Waals surface area contributed by atoms with Gasteiger partial charge in [-0.2, -0.15) is 0 Å². The van der Waals surface area contributed by atoms with Crippen molar-refractivity contribution in [3.05, 3.63) is 54.6 Å². The van der Waals surface area contributed by atoms with E-state index in [0.29, 0.717) is 12.3 Å². The van der Waals surface area contributed by atoms with E-state index in [2.05, 4.69) is 4.72 Å². The molecule has 0 fully saturated rings.